The van der Waals surface area contributed by atoms with Crippen molar-refractivity contribution in [2.24, 2.45) is 0 Å². The number of aromatic amines is 1. The van der Waals surface area contributed by atoms with Gasteiger partial charge in [0, 0.05) is 0 Å². The Morgan fingerprint density at radius 2 is 1.76 bits per heavy atom. The lowest BCUT2D eigenvalue weighted by molar-refractivity contribution is -0.137. The van der Waals surface area contributed by atoms with E-state index in [4.69, 9.17) is 0 Å². The lowest BCUT2D eigenvalue weighted by Crippen LogP contribution is -2.15. The molecule has 0 fully saturated rings. The summed E-state index contributed by atoms with van der Waals surface area (Å²) in [5, 5.41) is 0. The van der Waals surface area contributed by atoms with Crippen LogP contribution in [0.4, 0.5) is 17.6 Å². The van der Waals surface area contributed by atoms with Crippen molar-refractivity contribution in [2.45, 2.75) is 6.18 Å². The van der Waals surface area contributed by atoms with Crippen molar-refractivity contribution < 1.29 is 17.6 Å². The summed E-state index contributed by atoms with van der Waals surface area (Å²) in [6.07, 6.45) is -4.52. The van der Waals surface area contributed by atoms with Crippen LogP contribution in [-0.2, 0) is 6.18 Å². The number of H-pyrrole nitrogens is 1. The van der Waals surface area contributed by atoms with Gasteiger partial charge in [-0.1, -0.05) is 12.1 Å². The first-order valence-electron chi connectivity index (χ1n) is 5.95. The van der Waals surface area contributed by atoms with Gasteiger partial charge in [0.25, 0.3) is 0 Å². The van der Waals surface area contributed by atoms with Crippen molar-refractivity contribution in [2.75, 3.05) is 0 Å². The van der Waals surface area contributed by atoms with Crippen molar-refractivity contribution >= 4 is 11.0 Å². The highest BCUT2D eigenvalue weighted by atomic mass is 19.4. The summed E-state index contributed by atoms with van der Waals surface area (Å²) in [6.45, 7) is 0. The summed E-state index contributed by atoms with van der Waals surface area (Å²) in [5.41, 5.74) is -1.42. The standard InChI is InChI=1S/C14H8F4N2O/c15-10-5-2-6-11-12(10)19-13(21)20(11)9-4-1-3-8(7-9)14(16,17)18/h1-7H,(H,19,21). The molecule has 2 aromatic carbocycles. The first-order valence-corrected chi connectivity index (χ1v) is 5.95. The van der Waals surface area contributed by atoms with Crippen LogP contribution in [0.15, 0.2) is 47.3 Å². The van der Waals surface area contributed by atoms with Gasteiger partial charge in [-0.2, -0.15) is 13.2 Å². The highest BCUT2D eigenvalue weighted by Crippen LogP contribution is 2.30. The molecule has 3 aromatic rings. The van der Waals surface area contributed by atoms with Crippen LogP contribution in [0.25, 0.3) is 16.7 Å². The zero-order valence-corrected chi connectivity index (χ0v) is 10.4. The highest BCUT2D eigenvalue weighted by Gasteiger charge is 2.30. The Morgan fingerprint density at radius 3 is 2.48 bits per heavy atom. The molecule has 0 radical (unpaired) electrons. The van der Waals surface area contributed by atoms with Crippen LogP contribution in [0.3, 0.4) is 0 Å². The maximum atomic E-state index is 13.6. The molecule has 108 valence electrons. The van der Waals surface area contributed by atoms with Crippen LogP contribution in [-0.4, -0.2) is 9.55 Å². The average molecular weight is 296 g/mol. The summed E-state index contributed by atoms with van der Waals surface area (Å²) in [7, 11) is 0. The molecule has 0 aliphatic rings. The van der Waals surface area contributed by atoms with Gasteiger partial charge >= 0.3 is 11.9 Å². The van der Waals surface area contributed by atoms with Crippen LogP contribution in [0.2, 0.25) is 0 Å². The predicted molar refractivity (Wildman–Crippen MR) is 68.9 cm³/mol. The SMILES string of the molecule is O=c1[nH]c2c(F)cccc2n1-c1cccc(C(F)(F)F)c1. The third kappa shape index (κ3) is 2.20. The minimum Gasteiger partial charge on any atom is -0.303 e. The molecule has 0 bridgehead atoms. The van der Waals surface area contributed by atoms with Gasteiger partial charge < -0.3 is 4.98 Å². The maximum Gasteiger partial charge on any atom is 0.416 e. The number of para-hydroxylation sites is 1. The molecule has 7 heteroatoms. The number of hydrogen-bond donors (Lipinski definition) is 1. The third-order valence-electron chi connectivity index (χ3n) is 3.10. The van der Waals surface area contributed by atoms with E-state index in [1.807, 2.05) is 0 Å². The molecule has 1 N–H and O–H groups in total. The molecular formula is C14H8F4N2O. The minimum atomic E-state index is -4.52. The molecule has 0 amide bonds. The number of fused-ring (bicyclic) bond motifs is 1. The first kappa shape index (κ1) is 13.4. The van der Waals surface area contributed by atoms with E-state index in [2.05, 4.69) is 4.98 Å². The third-order valence-corrected chi connectivity index (χ3v) is 3.10. The maximum absolute atomic E-state index is 13.6. The molecule has 1 heterocycles. The zero-order valence-electron chi connectivity index (χ0n) is 10.4. The second kappa shape index (κ2) is 4.47. The van der Waals surface area contributed by atoms with Crippen molar-refractivity contribution in [3.8, 4) is 5.69 Å². The number of nitrogens with zero attached hydrogens (tertiary/aromatic N) is 1. The Morgan fingerprint density at radius 1 is 1.05 bits per heavy atom. The summed E-state index contributed by atoms with van der Waals surface area (Å²) in [5.74, 6) is -0.643. The quantitative estimate of drug-likeness (QED) is 0.686. The average Bonchev–Trinajstić information content (AvgIpc) is 2.76. The Kier molecular flexibility index (Phi) is 2.86. The lowest BCUT2D eigenvalue weighted by Gasteiger charge is -2.09. The minimum absolute atomic E-state index is 0.0201. The number of nitrogens with one attached hydrogen (secondary N) is 1. The lowest BCUT2D eigenvalue weighted by atomic mass is 10.2. The largest absolute Gasteiger partial charge is 0.416 e. The molecule has 3 rings (SSSR count). The number of halogens is 4. The molecule has 3 nitrogen and oxygen atoms in total. The first-order chi connectivity index (χ1) is 9.88. The van der Waals surface area contributed by atoms with Crippen LogP contribution in [0.1, 0.15) is 5.56 Å². The fourth-order valence-electron chi connectivity index (χ4n) is 2.17. The summed E-state index contributed by atoms with van der Waals surface area (Å²) in [6, 6.07) is 8.31. The number of alkyl halides is 3. The predicted octanol–water partition coefficient (Wildman–Crippen LogP) is 3.48. The van der Waals surface area contributed by atoms with E-state index in [-0.39, 0.29) is 16.7 Å². The fraction of sp³-hybridized carbons (Fsp3) is 0.0714. The van der Waals surface area contributed by atoms with E-state index in [0.29, 0.717) is 0 Å². The van der Waals surface area contributed by atoms with Crippen molar-refractivity contribution in [3.05, 3.63) is 64.3 Å². The van der Waals surface area contributed by atoms with Gasteiger partial charge in [-0.3, -0.25) is 4.57 Å². The van der Waals surface area contributed by atoms with Gasteiger partial charge in [0.05, 0.1) is 16.8 Å². The summed E-state index contributed by atoms with van der Waals surface area (Å²) >= 11 is 0. The van der Waals surface area contributed by atoms with Gasteiger partial charge in [-0.25, -0.2) is 9.18 Å². The van der Waals surface area contributed by atoms with E-state index < -0.39 is 23.2 Å². The number of aromatic nitrogens is 2. The van der Waals surface area contributed by atoms with Crippen LogP contribution >= 0.6 is 0 Å². The van der Waals surface area contributed by atoms with E-state index >= 15 is 0 Å². The molecular weight excluding hydrogens is 288 g/mol. The smallest absolute Gasteiger partial charge is 0.303 e. The zero-order chi connectivity index (χ0) is 15.2. The van der Waals surface area contributed by atoms with E-state index in [1.54, 1.807) is 0 Å². The number of benzene rings is 2. The molecule has 21 heavy (non-hydrogen) atoms. The Labute approximate surface area is 115 Å². The number of rotatable bonds is 1. The van der Waals surface area contributed by atoms with Crippen LogP contribution in [0.5, 0.6) is 0 Å². The van der Waals surface area contributed by atoms with Gasteiger partial charge in [0.1, 0.15) is 11.3 Å². The van der Waals surface area contributed by atoms with Gasteiger partial charge in [-0.15, -0.1) is 0 Å². The van der Waals surface area contributed by atoms with Crippen LogP contribution < -0.4 is 5.69 Å². The molecule has 0 aliphatic carbocycles. The molecule has 0 aliphatic heterocycles. The summed E-state index contributed by atoms with van der Waals surface area (Å²) < 4.78 is 52.8. The Hall–Kier alpha value is -2.57. The number of imidazole rings is 1. The topological polar surface area (TPSA) is 37.8 Å². The Bertz CT molecular complexity index is 877. The van der Waals surface area contributed by atoms with E-state index in [9.17, 15) is 22.4 Å². The van der Waals surface area contributed by atoms with Crippen molar-refractivity contribution in [1.29, 1.82) is 0 Å². The van der Waals surface area contributed by atoms with Crippen LogP contribution in [0, 0.1) is 5.82 Å². The highest BCUT2D eigenvalue weighted by molar-refractivity contribution is 5.77. The molecule has 1 aromatic heterocycles. The van der Waals surface area contributed by atoms with E-state index in [0.717, 1.165) is 22.8 Å². The van der Waals surface area contributed by atoms with E-state index in [1.165, 1.54) is 24.3 Å². The van der Waals surface area contributed by atoms with Crippen molar-refractivity contribution in [3.63, 3.8) is 0 Å². The van der Waals surface area contributed by atoms with Gasteiger partial charge in [0.15, 0.2) is 0 Å². The van der Waals surface area contributed by atoms with Crippen molar-refractivity contribution in [1.82, 2.24) is 9.55 Å². The molecule has 0 atom stereocenters. The monoisotopic (exact) mass is 296 g/mol. The Balaban J connectivity index is 2.29. The fourth-order valence-corrected chi connectivity index (χ4v) is 2.17. The molecule has 0 spiro atoms. The second-order valence-corrected chi connectivity index (χ2v) is 4.45. The summed E-state index contributed by atoms with van der Waals surface area (Å²) in [4.78, 5) is 14.2. The number of hydrogen-bond acceptors (Lipinski definition) is 1. The molecule has 0 saturated carbocycles. The molecule has 0 unspecified atom stereocenters. The van der Waals surface area contributed by atoms with Gasteiger partial charge in [0.2, 0.25) is 0 Å². The second-order valence-electron chi connectivity index (χ2n) is 4.45. The normalized spacial score (nSPS) is 12.0. The van der Waals surface area contributed by atoms with Gasteiger partial charge in [-0.05, 0) is 30.3 Å². The molecule has 0 saturated heterocycles.